The lowest BCUT2D eigenvalue weighted by Crippen LogP contribution is -2.26. The summed E-state index contributed by atoms with van der Waals surface area (Å²) < 4.78 is 38.6. The molecule has 0 aliphatic carbocycles. The zero-order valence-electron chi connectivity index (χ0n) is 22.7. The number of halogens is 3. The van der Waals surface area contributed by atoms with Crippen LogP contribution in [0.5, 0.6) is 0 Å². The molecule has 1 atom stereocenters. The van der Waals surface area contributed by atoms with Crippen molar-refractivity contribution in [3.8, 4) is 0 Å². The fraction of sp³-hybridized carbons (Fsp3) is 0.290. The second-order valence-electron chi connectivity index (χ2n) is 10.5. The summed E-state index contributed by atoms with van der Waals surface area (Å²) >= 11 is -0.324. The Labute approximate surface area is 240 Å². The number of aliphatic carboxylic acids is 1. The molecule has 10 heteroatoms. The van der Waals surface area contributed by atoms with Crippen molar-refractivity contribution in [3.05, 3.63) is 101 Å². The summed E-state index contributed by atoms with van der Waals surface area (Å²) in [6, 6.07) is 18.3. The highest BCUT2D eigenvalue weighted by atomic mass is 32.2. The predicted octanol–water partition coefficient (Wildman–Crippen LogP) is 7.04. The minimum Gasteiger partial charge on any atom is -0.481 e. The molecule has 216 valence electrons. The quantitative estimate of drug-likeness (QED) is 0.185. The van der Waals surface area contributed by atoms with Gasteiger partial charge in [-0.25, -0.2) is 0 Å². The Kier molecular flexibility index (Phi) is 10.1. The van der Waals surface area contributed by atoms with Crippen LogP contribution >= 0.6 is 11.8 Å². The zero-order valence-corrected chi connectivity index (χ0v) is 23.6. The molecule has 6 nitrogen and oxygen atoms in total. The molecule has 1 unspecified atom stereocenters. The van der Waals surface area contributed by atoms with Gasteiger partial charge in [-0.15, -0.1) is 0 Å². The van der Waals surface area contributed by atoms with E-state index < -0.39 is 29.1 Å². The second kappa shape index (κ2) is 13.2. The van der Waals surface area contributed by atoms with Crippen LogP contribution in [0.15, 0.2) is 77.7 Å². The predicted molar refractivity (Wildman–Crippen MR) is 151 cm³/mol. The lowest BCUT2D eigenvalue weighted by atomic mass is 9.83. The third-order valence-electron chi connectivity index (χ3n) is 6.33. The molecule has 0 radical (unpaired) electrons. The van der Waals surface area contributed by atoms with E-state index in [9.17, 15) is 32.3 Å². The molecular formula is C31H30F3NO5S. The monoisotopic (exact) mass is 585 g/mol. The minimum absolute atomic E-state index is 0.0505. The van der Waals surface area contributed by atoms with Crippen LogP contribution in [-0.4, -0.2) is 40.6 Å². The topological polar surface area (TPSA) is 101 Å². The molecule has 0 aromatic heterocycles. The Morgan fingerprint density at radius 3 is 2.02 bits per heavy atom. The first-order chi connectivity index (χ1) is 19.1. The number of amides is 1. The van der Waals surface area contributed by atoms with E-state index in [-0.39, 0.29) is 58.4 Å². The lowest BCUT2D eigenvalue weighted by molar-refractivity contribution is -0.136. The molecule has 0 saturated heterocycles. The lowest BCUT2D eigenvalue weighted by Gasteiger charge is -2.20. The number of carboxylic acids is 1. The summed E-state index contributed by atoms with van der Waals surface area (Å²) in [5.41, 5.74) is -2.53. The van der Waals surface area contributed by atoms with Crippen LogP contribution in [0.25, 0.3) is 0 Å². The standard InChI is InChI=1S/C31H30F3NO5S/c1-30(2,3)23-13-11-20(12-14-23)28(39)25(18-26(36)22-5-4-6-24(17-22)41-31(32,33)34)19-7-9-21(10-8-19)29(40)35-16-15-27(37)38/h4-14,17,25H,15-16,18H2,1-3H3,(H,35,40)(H,37,38). The molecule has 3 aromatic rings. The second-order valence-corrected chi connectivity index (χ2v) is 11.6. The van der Waals surface area contributed by atoms with E-state index in [4.69, 9.17) is 5.11 Å². The maximum atomic E-state index is 13.7. The first-order valence-corrected chi connectivity index (χ1v) is 13.6. The van der Waals surface area contributed by atoms with Gasteiger partial charge in [0.25, 0.3) is 5.91 Å². The fourth-order valence-electron chi connectivity index (χ4n) is 4.12. The molecule has 0 aliphatic heterocycles. The normalized spacial score (nSPS) is 12.4. The first kappa shape index (κ1) is 31.6. The molecular weight excluding hydrogens is 555 g/mol. The molecule has 0 heterocycles. The van der Waals surface area contributed by atoms with Gasteiger partial charge in [-0.2, -0.15) is 13.2 Å². The maximum Gasteiger partial charge on any atom is 0.446 e. The van der Waals surface area contributed by atoms with Gasteiger partial charge in [0.2, 0.25) is 0 Å². The van der Waals surface area contributed by atoms with Gasteiger partial charge in [0.15, 0.2) is 11.6 Å². The van der Waals surface area contributed by atoms with Crippen LogP contribution in [0, 0.1) is 0 Å². The van der Waals surface area contributed by atoms with Crippen molar-refractivity contribution in [2.45, 2.75) is 55.3 Å². The number of carbonyl (C=O) groups excluding carboxylic acids is 3. The van der Waals surface area contributed by atoms with Gasteiger partial charge >= 0.3 is 11.5 Å². The van der Waals surface area contributed by atoms with Crippen molar-refractivity contribution in [1.29, 1.82) is 0 Å². The molecule has 3 aromatic carbocycles. The number of hydrogen-bond acceptors (Lipinski definition) is 5. The van der Waals surface area contributed by atoms with Crippen LogP contribution in [0.4, 0.5) is 13.2 Å². The van der Waals surface area contributed by atoms with E-state index in [1.807, 2.05) is 32.9 Å². The summed E-state index contributed by atoms with van der Waals surface area (Å²) in [5.74, 6) is -3.36. The molecule has 3 rings (SSSR count). The van der Waals surface area contributed by atoms with Crippen molar-refractivity contribution in [2.24, 2.45) is 0 Å². The van der Waals surface area contributed by atoms with Crippen LogP contribution < -0.4 is 5.32 Å². The van der Waals surface area contributed by atoms with Crippen LogP contribution in [0.3, 0.4) is 0 Å². The number of Topliss-reactive ketones (excluding diaryl/α,β-unsaturated/α-hetero) is 2. The summed E-state index contributed by atoms with van der Waals surface area (Å²) in [5, 5.41) is 11.2. The van der Waals surface area contributed by atoms with Crippen LogP contribution in [0.1, 0.15) is 81.7 Å². The number of hydrogen-bond donors (Lipinski definition) is 2. The smallest absolute Gasteiger partial charge is 0.446 e. The molecule has 0 saturated carbocycles. The number of thioether (sulfide) groups is 1. The van der Waals surface area contributed by atoms with Gasteiger partial charge in [0, 0.05) is 34.6 Å². The highest BCUT2D eigenvalue weighted by Crippen LogP contribution is 2.37. The van der Waals surface area contributed by atoms with Crippen molar-refractivity contribution >= 4 is 35.2 Å². The Morgan fingerprint density at radius 1 is 0.854 bits per heavy atom. The van der Waals surface area contributed by atoms with Crippen molar-refractivity contribution < 1.29 is 37.5 Å². The van der Waals surface area contributed by atoms with E-state index in [1.165, 1.54) is 30.3 Å². The van der Waals surface area contributed by atoms with E-state index in [0.717, 1.165) is 11.6 Å². The summed E-state index contributed by atoms with van der Waals surface area (Å²) in [7, 11) is 0. The van der Waals surface area contributed by atoms with Crippen LogP contribution in [0.2, 0.25) is 0 Å². The SMILES string of the molecule is CC(C)(C)c1ccc(C(=O)C(CC(=O)c2cccc(SC(F)(F)F)c2)c2ccc(C(=O)NCCC(=O)O)cc2)cc1. The average Bonchev–Trinajstić information content (AvgIpc) is 2.90. The van der Waals surface area contributed by atoms with E-state index >= 15 is 0 Å². The molecule has 41 heavy (non-hydrogen) atoms. The fourth-order valence-corrected chi connectivity index (χ4v) is 4.72. The largest absolute Gasteiger partial charge is 0.481 e. The van der Waals surface area contributed by atoms with E-state index in [2.05, 4.69) is 5.32 Å². The van der Waals surface area contributed by atoms with E-state index in [1.54, 1.807) is 24.3 Å². The summed E-state index contributed by atoms with van der Waals surface area (Å²) in [4.78, 5) is 49.9. The average molecular weight is 586 g/mol. The maximum absolute atomic E-state index is 13.7. The third kappa shape index (κ3) is 9.31. The molecule has 1 amide bonds. The third-order valence-corrected chi connectivity index (χ3v) is 7.05. The van der Waals surface area contributed by atoms with Crippen LogP contribution in [-0.2, 0) is 10.2 Å². The Balaban J connectivity index is 1.91. The highest BCUT2D eigenvalue weighted by molar-refractivity contribution is 8.00. The molecule has 0 aliphatic rings. The minimum atomic E-state index is -4.51. The Hall–Kier alpha value is -3.92. The van der Waals surface area contributed by atoms with E-state index in [0.29, 0.717) is 11.1 Å². The zero-order chi connectivity index (χ0) is 30.4. The summed E-state index contributed by atoms with van der Waals surface area (Å²) in [6.07, 6.45) is -0.538. The molecule has 0 spiro atoms. The van der Waals surface area contributed by atoms with Gasteiger partial charge in [-0.05, 0) is 52.6 Å². The number of rotatable bonds is 11. The molecule has 0 bridgehead atoms. The van der Waals surface area contributed by atoms with Gasteiger partial charge in [0.05, 0.1) is 12.3 Å². The first-order valence-electron chi connectivity index (χ1n) is 12.8. The van der Waals surface area contributed by atoms with Gasteiger partial charge in [-0.3, -0.25) is 19.2 Å². The number of alkyl halides is 3. The number of benzene rings is 3. The molecule has 0 fully saturated rings. The van der Waals surface area contributed by atoms with Crippen molar-refractivity contribution in [2.75, 3.05) is 6.54 Å². The Bertz CT molecular complexity index is 1410. The highest BCUT2D eigenvalue weighted by Gasteiger charge is 2.30. The van der Waals surface area contributed by atoms with Crippen molar-refractivity contribution in [1.82, 2.24) is 5.32 Å². The number of nitrogens with one attached hydrogen (secondary N) is 1. The summed E-state index contributed by atoms with van der Waals surface area (Å²) in [6.45, 7) is 6.06. The van der Waals surface area contributed by atoms with Gasteiger partial charge in [0.1, 0.15) is 0 Å². The Morgan fingerprint density at radius 2 is 1.46 bits per heavy atom. The van der Waals surface area contributed by atoms with Crippen molar-refractivity contribution in [3.63, 3.8) is 0 Å². The van der Waals surface area contributed by atoms with Gasteiger partial charge < -0.3 is 10.4 Å². The molecule has 2 N–H and O–H groups in total. The number of carbonyl (C=O) groups is 4. The number of carboxylic acid groups (broad SMARTS) is 1. The number of ketones is 2. The van der Waals surface area contributed by atoms with Gasteiger partial charge in [-0.1, -0.05) is 69.3 Å².